The van der Waals surface area contributed by atoms with E-state index in [1.807, 2.05) is 0 Å². The second kappa shape index (κ2) is 5.13. The van der Waals surface area contributed by atoms with Crippen LogP contribution < -0.4 is 22.2 Å². The molecular formula is C13H10N6O3. The lowest BCUT2D eigenvalue weighted by molar-refractivity contribution is 0.112. The van der Waals surface area contributed by atoms with E-state index >= 15 is 0 Å². The van der Waals surface area contributed by atoms with E-state index in [0.717, 1.165) is 0 Å². The summed E-state index contributed by atoms with van der Waals surface area (Å²) in [5.74, 6) is 0.161. The average molecular weight is 298 g/mol. The molecule has 0 unspecified atom stereocenters. The van der Waals surface area contributed by atoms with Crippen molar-refractivity contribution in [3.8, 4) is 0 Å². The highest BCUT2D eigenvalue weighted by Gasteiger charge is 2.12. The lowest BCUT2D eigenvalue weighted by Gasteiger charge is -2.10. The number of carbonyl (C=O) groups is 1. The molecule has 0 saturated carbocycles. The van der Waals surface area contributed by atoms with Gasteiger partial charge >= 0.3 is 0 Å². The molecule has 0 saturated heterocycles. The minimum atomic E-state index is -0.479. The highest BCUT2D eigenvalue weighted by molar-refractivity contribution is 5.96. The number of aromatic nitrogens is 4. The molecule has 110 valence electrons. The number of nitrogens with one attached hydrogen (secondary N) is 3. The maximum Gasteiger partial charge on any atom is 0.272 e. The third-order valence-corrected chi connectivity index (χ3v) is 3.11. The molecule has 22 heavy (non-hydrogen) atoms. The number of fused-ring (bicyclic) bond motifs is 1. The number of carbonyl (C=O) groups excluding carboxylic acids is 1. The number of nitrogens with zero attached hydrogens (tertiary/aromatic N) is 2. The molecule has 2 heterocycles. The van der Waals surface area contributed by atoms with Crippen molar-refractivity contribution in [1.82, 2.24) is 20.2 Å². The molecule has 9 nitrogen and oxygen atoms in total. The summed E-state index contributed by atoms with van der Waals surface area (Å²) >= 11 is 0. The number of aromatic amines is 2. The van der Waals surface area contributed by atoms with Crippen molar-refractivity contribution < 1.29 is 4.79 Å². The lowest BCUT2D eigenvalue weighted by atomic mass is 10.1. The second-order valence-corrected chi connectivity index (χ2v) is 4.40. The highest BCUT2D eigenvalue weighted by atomic mass is 16.1. The van der Waals surface area contributed by atoms with Crippen LogP contribution in [0.4, 0.5) is 17.3 Å². The predicted molar refractivity (Wildman–Crippen MR) is 80.3 cm³/mol. The van der Waals surface area contributed by atoms with Crippen LogP contribution in [0.3, 0.4) is 0 Å². The molecule has 0 aliphatic carbocycles. The fraction of sp³-hybridized carbons (Fsp3) is 0. The van der Waals surface area contributed by atoms with E-state index in [2.05, 4.69) is 25.5 Å². The first-order valence-electron chi connectivity index (χ1n) is 6.18. The maximum atomic E-state index is 12.0. The SMILES string of the molecule is Nc1ncnc(Nc2cccc3c(=O)[nH][nH]c(=O)c23)c1C=O. The Bertz CT molecular complexity index is 991. The van der Waals surface area contributed by atoms with E-state index < -0.39 is 11.1 Å². The highest BCUT2D eigenvalue weighted by Crippen LogP contribution is 2.23. The van der Waals surface area contributed by atoms with Gasteiger partial charge in [-0.05, 0) is 12.1 Å². The Kier molecular flexibility index (Phi) is 3.14. The number of rotatable bonds is 3. The molecule has 9 heteroatoms. The summed E-state index contributed by atoms with van der Waals surface area (Å²) in [5, 5.41) is 7.70. The molecule has 2 aromatic heterocycles. The van der Waals surface area contributed by atoms with Gasteiger partial charge < -0.3 is 11.1 Å². The van der Waals surface area contributed by atoms with Crippen LogP contribution in [0.1, 0.15) is 10.4 Å². The first-order valence-corrected chi connectivity index (χ1v) is 6.18. The van der Waals surface area contributed by atoms with Crippen LogP contribution in [0, 0.1) is 0 Å². The van der Waals surface area contributed by atoms with E-state index in [1.165, 1.54) is 12.4 Å². The molecule has 0 aliphatic heterocycles. The molecular weight excluding hydrogens is 288 g/mol. The van der Waals surface area contributed by atoms with Gasteiger partial charge in [-0.3, -0.25) is 24.6 Å². The van der Waals surface area contributed by atoms with Gasteiger partial charge in [0.25, 0.3) is 11.1 Å². The van der Waals surface area contributed by atoms with Crippen LogP contribution in [-0.2, 0) is 0 Å². The van der Waals surface area contributed by atoms with E-state index in [0.29, 0.717) is 12.0 Å². The van der Waals surface area contributed by atoms with Gasteiger partial charge in [0.2, 0.25) is 0 Å². The van der Waals surface area contributed by atoms with Gasteiger partial charge in [0.05, 0.1) is 22.0 Å². The van der Waals surface area contributed by atoms with Crippen LogP contribution in [0.2, 0.25) is 0 Å². The Morgan fingerprint density at radius 1 is 1.14 bits per heavy atom. The fourth-order valence-corrected chi connectivity index (χ4v) is 2.09. The largest absolute Gasteiger partial charge is 0.383 e. The number of aldehydes is 1. The molecule has 0 spiro atoms. The van der Waals surface area contributed by atoms with E-state index in [4.69, 9.17) is 5.73 Å². The number of anilines is 3. The number of nitrogen functional groups attached to an aromatic ring is 1. The molecule has 1 aromatic carbocycles. The Labute approximate surface area is 122 Å². The minimum absolute atomic E-state index is 0.0134. The predicted octanol–water partition coefficient (Wildman–Crippen LogP) is 0.145. The Morgan fingerprint density at radius 2 is 1.91 bits per heavy atom. The quantitative estimate of drug-likeness (QED) is 0.503. The fourth-order valence-electron chi connectivity index (χ4n) is 2.09. The number of hydrogen-bond donors (Lipinski definition) is 4. The molecule has 0 bridgehead atoms. The van der Waals surface area contributed by atoms with E-state index in [1.54, 1.807) is 12.1 Å². The van der Waals surface area contributed by atoms with Crippen molar-refractivity contribution in [1.29, 1.82) is 0 Å². The second-order valence-electron chi connectivity index (χ2n) is 4.40. The van der Waals surface area contributed by atoms with Gasteiger partial charge in [0.1, 0.15) is 18.0 Å². The zero-order valence-corrected chi connectivity index (χ0v) is 11.1. The van der Waals surface area contributed by atoms with Crippen molar-refractivity contribution >= 4 is 34.4 Å². The Morgan fingerprint density at radius 3 is 2.68 bits per heavy atom. The molecule has 5 N–H and O–H groups in total. The standard InChI is InChI=1S/C13H10N6O3/c14-10-7(4-20)11(16-5-15-10)17-8-3-1-2-6-9(8)13(22)19-18-12(6)21/h1-5H,(H,18,21)(H,19,22)(H3,14,15,16,17). The zero-order valence-electron chi connectivity index (χ0n) is 11.1. The topological polar surface area (TPSA) is 147 Å². The smallest absolute Gasteiger partial charge is 0.272 e. The summed E-state index contributed by atoms with van der Waals surface area (Å²) < 4.78 is 0. The lowest BCUT2D eigenvalue weighted by Crippen LogP contribution is -2.20. The Balaban J connectivity index is 2.23. The summed E-state index contributed by atoms with van der Waals surface area (Å²) in [4.78, 5) is 42.5. The van der Waals surface area contributed by atoms with Gasteiger partial charge in [-0.2, -0.15) is 0 Å². The van der Waals surface area contributed by atoms with E-state index in [9.17, 15) is 14.4 Å². The first kappa shape index (κ1) is 13.5. The van der Waals surface area contributed by atoms with E-state index in [-0.39, 0.29) is 28.0 Å². The van der Waals surface area contributed by atoms with Crippen LogP contribution >= 0.6 is 0 Å². The summed E-state index contributed by atoms with van der Waals surface area (Å²) in [7, 11) is 0. The van der Waals surface area contributed by atoms with Crippen LogP contribution in [-0.4, -0.2) is 26.5 Å². The van der Waals surface area contributed by atoms with Crippen molar-refractivity contribution in [3.63, 3.8) is 0 Å². The maximum absolute atomic E-state index is 12.0. The molecule has 0 radical (unpaired) electrons. The number of H-pyrrole nitrogens is 2. The summed E-state index contributed by atoms with van der Waals surface area (Å²) in [6.45, 7) is 0. The summed E-state index contributed by atoms with van der Waals surface area (Å²) in [6.07, 6.45) is 1.70. The molecule has 3 rings (SSSR count). The van der Waals surface area contributed by atoms with Gasteiger partial charge in [0, 0.05) is 0 Å². The number of benzene rings is 1. The third kappa shape index (κ3) is 2.10. The minimum Gasteiger partial charge on any atom is -0.383 e. The summed E-state index contributed by atoms with van der Waals surface area (Å²) in [6, 6.07) is 4.71. The Hall–Kier alpha value is -3.49. The monoisotopic (exact) mass is 298 g/mol. The third-order valence-electron chi connectivity index (χ3n) is 3.11. The van der Waals surface area contributed by atoms with Crippen molar-refractivity contribution in [3.05, 3.63) is 50.8 Å². The van der Waals surface area contributed by atoms with Crippen LogP contribution in [0.25, 0.3) is 10.8 Å². The molecule has 0 aliphatic rings. The normalized spacial score (nSPS) is 10.5. The van der Waals surface area contributed by atoms with Crippen molar-refractivity contribution in [2.24, 2.45) is 0 Å². The van der Waals surface area contributed by atoms with Gasteiger partial charge in [-0.15, -0.1) is 0 Å². The first-order chi connectivity index (χ1) is 10.6. The van der Waals surface area contributed by atoms with Gasteiger partial charge in [0.15, 0.2) is 6.29 Å². The number of nitrogens with two attached hydrogens (primary N) is 1. The van der Waals surface area contributed by atoms with Crippen molar-refractivity contribution in [2.45, 2.75) is 0 Å². The van der Waals surface area contributed by atoms with Crippen molar-refractivity contribution in [2.75, 3.05) is 11.1 Å². The van der Waals surface area contributed by atoms with Crippen LogP contribution in [0.15, 0.2) is 34.1 Å². The molecule has 0 fully saturated rings. The average Bonchev–Trinajstić information content (AvgIpc) is 2.51. The van der Waals surface area contributed by atoms with Crippen LogP contribution in [0.5, 0.6) is 0 Å². The summed E-state index contributed by atoms with van der Waals surface area (Å²) in [5.41, 5.74) is 5.09. The van der Waals surface area contributed by atoms with Gasteiger partial charge in [-0.1, -0.05) is 6.07 Å². The number of hydrogen-bond acceptors (Lipinski definition) is 7. The molecule has 0 atom stereocenters. The molecule has 3 aromatic rings. The van der Waals surface area contributed by atoms with Gasteiger partial charge in [-0.25, -0.2) is 9.97 Å². The zero-order chi connectivity index (χ0) is 15.7. The molecule has 0 amide bonds.